The lowest BCUT2D eigenvalue weighted by atomic mass is 9.98. The number of nitrogens with zero attached hydrogens (tertiary/aromatic N) is 2. The van der Waals surface area contributed by atoms with E-state index in [9.17, 15) is 19.5 Å². The normalized spacial score (nSPS) is 18.2. The van der Waals surface area contributed by atoms with Crippen LogP contribution in [-0.4, -0.2) is 78.8 Å². The van der Waals surface area contributed by atoms with Gasteiger partial charge in [-0.1, -0.05) is 48.5 Å². The van der Waals surface area contributed by atoms with Crippen molar-refractivity contribution in [2.24, 2.45) is 0 Å². The van der Waals surface area contributed by atoms with Gasteiger partial charge in [0.1, 0.15) is 18.7 Å². The van der Waals surface area contributed by atoms with Crippen molar-refractivity contribution in [1.29, 1.82) is 0 Å². The highest BCUT2D eigenvalue weighted by Gasteiger charge is 2.37. The van der Waals surface area contributed by atoms with Gasteiger partial charge in [-0.15, -0.1) is 0 Å². The largest absolute Gasteiger partial charge is 0.480 e. The lowest BCUT2D eigenvalue weighted by Gasteiger charge is -2.36. The molecule has 8 nitrogen and oxygen atoms in total. The number of hydrogen-bond donors (Lipinski definition) is 2. The van der Waals surface area contributed by atoms with E-state index in [0.29, 0.717) is 13.0 Å². The topological polar surface area (TPSA) is 99.2 Å². The molecule has 2 N–H and O–H groups in total. The van der Waals surface area contributed by atoms with Crippen molar-refractivity contribution in [3.05, 3.63) is 59.7 Å². The van der Waals surface area contributed by atoms with E-state index in [1.54, 1.807) is 19.0 Å². The van der Waals surface area contributed by atoms with E-state index in [4.69, 9.17) is 4.74 Å². The molecule has 1 aliphatic heterocycles. The third-order valence-electron chi connectivity index (χ3n) is 6.55. The lowest BCUT2D eigenvalue weighted by molar-refractivity contribution is -0.153. The lowest BCUT2D eigenvalue weighted by Crippen LogP contribution is -2.58. The van der Waals surface area contributed by atoms with Gasteiger partial charge in [0.25, 0.3) is 0 Å². The van der Waals surface area contributed by atoms with E-state index < -0.39 is 30.1 Å². The molecular weight excluding hydrogens is 434 g/mol. The van der Waals surface area contributed by atoms with Gasteiger partial charge in [0.05, 0.1) is 0 Å². The van der Waals surface area contributed by atoms with Gasteiger partial charge in [0.15, 0.2) is 0 Å². The van der Waals surface area contributed by atoms with Crippen molar-refractivity contribution in [2.45, 2.75) is 37.3 Å². The molecular formula is C26H31N3O5. The van der Waals surface area contributed by atoms with Crippen molar-refractivity contribution in [2.75, 3.05) is 33.8 Å². The highest BCUT2D eigenvalue weighted by molar-refractivity contribution is 5.89. The number of benzene rings is 2. The molecule has 2 aliphatic rings. The van der Waals surface area contributed by atoms with Crippen LogP contribution in [0.15, 0.2) is 48.5 Å². The third kappa shape index (κ3) is 4.92. The van der Waals surface area contributed by atoms with Crippen LogP contribution in [0.5, 0.6) is 0 Å². The van der Waals surface area contributed by atoms with Crippen LogP contribution in [0.2, 0.25) is 0 Å². The summed E-state index contributed by atoms with van der Waals surface area (Å²) in [5, 5.41) is 12.2. The Balaban J connectivity index is 1.45. The predicted molar refractivity (Wildman–Crippen MR) is 128 cm³/mol. The molecule has 0 bridgehead atoms. The number of rotatable bonds is 7. The Bertz CT molecular complexity index is 1020. The summed E-state index contributed by atoms with van der Waals surface area (Å²) >= 11 is 0. The number of ether oxygens (including phenoxy) is 1. The Morgan fingerprint density at radius 2 is 1.68 bits per heavy atom. The SMILES string of the molecule is CN(C)C[C@H](NC(=O)OCC1c2ccccc2-c2ccccc21)C(=O)N1CCCC[C@H]1C(=O)O. The number of carbonyl (C=O) groups is 3. The van der Waals surface area contributed by atoms with Gasteiger partial charge in [0.2, 0.25) is 5.91 Å². The molecule has 4 rings (SSSR count). The monoisotopic (exact) mass is 465 g/mol. The first-order valence-corrected chi connectivity index (χ1v) is 11.7. The van der Waals surface area contributed by atoms with Crippen LogP contribution < -0.4 is 5.32 Å². The van der Waals surface area contributed by atoms with E-state index in [1.165, 1.54) is 4.90 Å². The molecule has 1 fully saturated rings. The maximum atomic E-state index is 13.2. The van der Waals surface area contributed by atoms with Crippen molar-refractivity contribution in [3.8, 4) is 11.1 Å². The minimum absolute atomic E-state index is 0.0837. The molecule has 1 aliphatic carbocycles. The maximum absolute atomic E-state index is 13.2. The Hall–Kier alpha value is -3.39. The molecule has 1 heterocycles. The number of piperidine rings is 1. The molecule has 0 radical (unpaired) electrons. The second kappa shape index (κ2) is 10.3. The van der Waals surface area contributed by atoms with Crippen LogP contribution in [-0.2, 0) is 14.3 Å². The number of carboxylic acid groups (broad SMARTS) is 1. The van der Waals surface area contributed by atoms with E-state index in [-0.39, 0.29) is 19.1 Å². The number of amides is 2. The Morgan fingerprint density at radius 1 is 1.06 bits per heavy atom. The summed E-state index contributed by atoms with van der Waals surface area (Å²) in [6.45, 7) is 0.752. The number of fused-ring (bicyclic) bond motifs is 3. The van der Waals surface area contributed by atoms with Crippen LogP contribution in [0.1, 0.15) is 36.3 Å². The minimum Gasteiger partial charge on any atom is -0.480 e. The Morgan fingerprint density at radius 3 is 2.26 bits per heavy atom. The molecule has 0 aromatic heterocycles. The van der Waals surface area contributed by atoms with Gasteiger partial charge in [0, 0.05) is 19.0 Å². The highest BCUT2D eigenvalue weighted by Crippen LogP contribution is 2.44. The van der Waals surface area contributed by atoms with Gasteiger partial charge in [-0.2, -0.15) is 0 Å². The fourth-order valence-corrected chi connectivity index (χ4v) is 4.99. The van der Waals surface area contributed by atoms with Gasteiger partial charge >= 0.3 is 12.1 Å². The van der Waals surface area contributed by atoms with Crippen molar-refractivity contribution < 1.29 is 24.2 Å². The van der Waals surface area contributed by atoms with Crippen molar-refractivity contribution in [1.82, 2.24) is 15.1 Å². The second-order valence-corrected chi connectivity index (χ2v) is 9.17. The van der Waals surface area contributed by atoms with E-state index in [0.717, 1.165) is 35.1 Å². The molecule has 2 aromatic rings. The zero-order chi connectivity index (χ0) is 24.2. The quantitative estimate of drug-likeness (QED) is 0.652. The molecule has 2 aromatic carbocycles. The van der Waals surface area contributed by atoms with Gasteiger partial charge in [-0.05, 0) is 55.6 Å². The number of likely N-dealkylation sites (tertiary alicyclic amines) is 1. The van der Waals surface area contributed by atoms with Crippen LogP contribution >= 0.6 is 0 Å². The first-order chi connectivity index (χ1) is 16.4. The number of hydrogen-bond acceptors (Lipinski definition) is 5. The van der Waals surface area contributed by atoms with E-state index in [1.807, 2.05) is 36.4 Å². The Labute approximate surface area is 199 Å². The van der Waals surface area contributed by atoms with Crippen LogP contribution in [0.4, 0.5) is 4.79 Å². The number of likely N-dealkylation sites (N-methyl/N-ethyl adjacent to an activating group) is 1. The molecule has 8 heteroatoms. The third-order valence-corrected chi connectivity index (χ3v) is 6.55. The van der Waals surface area contributed by atoms with Gasteiger partial charge < -0.3 is 25.0 Å². The highest BCUT2D eigenvalue weighted by atomic mass is 16.5. The fraction of sp³-hybridized carbons (Fsp3) is 0.423. The molecule has 0 spiro atoms. The zero-order valence-electron chi connectivity index (χ0n) is 19.6. The average molecular weight is 466 g/mol. The maximum Gasteiger partial charge on any atom is 0.407 e. The molecule has 2 atom stereocenters. The zero-order valence-corrected chi connectivity index (χ0v) is 19.6. The molecule has 0 saturated carbocycles. The predicted octanol–water partition coefficient (Wildman–Crippen LogP) is 2.92. The number of alkyl carbamates (subject to hydrolysis) is 1. The minimum atomic E-state index is -1.02. The first-order valence-electron chi connectivity index (χ1n) is 11.7. The smallest absolute Gasteiger partial charge is 0.407 e. The molecule has 2 amide bonds. The van der Waals surface area contributed by atoms with Crippen LogP contribution in [0.25, 0.3) is 11.1 Å². The molecule has 1 saturated heterocycles. The summed E-state index contributed by atoms with van der Waals surface area (Å²) in [6.07, 6.45) is 1.24. The summed E-state index contributed by atoms with van der Waals surface area (Å²) in [7, 11) is 3.59. The standard InChI is InChI=1S/C26H31N3O5/c1-28(2)15-22(24(30)29-14-8-7-13-23(29)25(31)32)27-26(33)34-16-21-19-11-5-3-9-17(19)18-10-4-6-12-20(18)21/h3-6,9-12,21-23H,7-8,13-16H2,1-2H3,(H,27,33)(H,31,32)/t22-,23-/m0/s1. The summed E-state index contributed by atoms with van der Waals surface area (Å²) in [6, 6.07) is 14.4. The summed E-state index contributed by atoms with van der Waals surface area (Å²) in [5.41, 5.74) is 4.49. The molecule has 34 heavy (non-hydrogen) atoms. The molecule has 180 valence electrons. The van der Waals surface area contributed by atoms with Crippen LogP contribution in [0.3, 0.4) is 0 Å². The fourth-order valence-electron chi connectivity index (χ4n) is 4.99. The summed E-state index contributed by atoms with van der Waals surface area (Å²) in [4.78, 5) is 40.9. The second-order valence-electron chi connectivity index (χ2n) is 9.17. The van der Waals surface area contributed by atoms with Gasteiger partial charge in [-0.25, -0.2) is 9.59 Å². The van der Waals surface area contributed by atoms with E-state index >= 15 is 0 Å². The average Bonchev–Trinajstić information content (AvgIpc) is 3.15. The number of carbonyl (C=O) groups excluding carboxylic acids is 2. The van der Waals surface area contributed by atoms with E-state index in [2.05, 4.69) is 17.4 Å². The number of aliphatic carboxylic acids is 1. The Kier molecular flexibility index (Phi) is 7.17. The number of carboxylic acids is 1. The van der Waals surface area contributed by atoms with Crippen molar-refractivity contribution in [3.63, 3.8) is 0 Å². The summed E-state index contributed by atoms with van der Waals surface area (Å²) in [5.74, 6) is -1.49. The van der Waals surface area contributed by atoms with Crippen LogP contribution in [0, 0.1) is 0 Å². The van der Waals surface area contributed by atoms with Crippen molar-refractivity contribution >= 4 is 18.0 Å². The number of nitrogens with one attached hydrogen (secondary N) is 1. The van der Waals surface area contributed by atoms with Gasteiger partial charge in [-0.3, -0.25) is 4.79 Å². The molecule has 0 unspecified atom stereocenters. The first kappa shape index (κ1) is 23.8. The summed E-state index contributed by atoms with van der Waals surface area (Å²) < 4.78 is 5.61.